The molecule has 1 unspecified atom stereocenters. The van der Waals surface area contributed by atoms with Gasteiger partial charge in [0.25, 0.3) is 5.56 Å². The summed E-state index contributed by atoms with van der Waals surface area (Å²) in [4.78, 5) is 27.1. The van der Waals surface area contributed by atoms with Crippen LogP contribution in [0.15, 0.2) is 47.3 Å². The van der Waals surface area contributed by atoms with Crippen molar-refractivity contribution in [2.24, 2.45) is 0 Å². The van der Waals surface area contributed by atoms with Crippen molar-refractivity contribution < 1.29 is 9.53 Å². The third-order valence-electron chi connectivity index (χ3n) is 4.23. The molecule has 0 saturated carbocycles. The SMILES string of the molecule is COc1ccc(C(=O)c2[nH]c(C(C)c3ccc(=O)[nH]n3)cc2C)cc1. The van der Waals surface area contributed by atoms with Gasteiger partial charge >= 0.3 is 0 Å². The molecule has 25 heavy (non-hydrogen) atoms. The number of carbonyl (C=O) groups excluding carboxylic acids is 1. The number of hydrogen-bond donors (Lipinski definition) is 2. The molecule has 3 rings (SSSR count). The Hall–Kier alpha value is -3.15. The van der Waals surface area contributed by atoms with Gasteiger partial charge in [-0.2, -0.15) is 5.10 Å². The topological polar surface area (TPSA) is 87.8 Å². The molecule has 0 fully saturated rings. The molecule has 1 aromatic carbocycles. The van der Waals surface area contributed by atoms with Gasteiger partial charge in [0.1, 0.15) is 5.75 Å². The first-order chi connectivity index (χ1) is 12.0. The number of aromatic nitrogens is 3. The minimum absolute atomic E-state index is 0.0759. The van der Waals surface area contributed by atoms with Crippen LogP contribution in [-0.2, 0) is 0 Å². The van der Waals surface area contributed by atoms with E-state index in [-0.39, 0.29) is 17.3 Å². The van der Waals surface area contributed by atoms with Crippen molar-refractivity contribution >= 4 is 5.78 Å². The lowest BCUT2D eigenvalue weighted by molar-refractivity contribution is 0.103. The van der Waals surface area contributed by atoms with Crippen molar-refractivity contribution in [2.75, 3.05) is 7.11 Å². The third-order valence-corrected chi connectivity index (χ3v) is 4.23. The number of ketones is 1. The van der Waals surface area contributed by atoms with Crippen LogP contribution in [0.5, 0.6) is 5.75 Å². The van der Waals surface area contributed by atoms with E-state index in [1.807, 2.05) is 19.9 Å². The molecular formula is C19H19N3O3. The first-order valence-corrected chi connectivity index (χ1v) is 7.93. The van der Waals surface area contributed by atoms with Crippen molar-refractivity contribution in [1.82, 2.24) is 15.2 Å². The molecule has 128 valence electrons. The molecule has 2 aromatic heterocycles. The maximum atomic E-state index is 12.7. The second kappa shape index (κ2) is 6.76. The summed E-state index contributed by atoms with van der Waals surface area (Å²) in [5, 5.41) is 6.49. The summed E-state index contributed by atoms with van der Waals surface area (Å²) in [7, 11) is 1.59. The fourth-order valence-corrected chi connectivity index (χ4v) is 2.70. The fraction of sp³-hybridized carbons (Fsp3) is 0.211. The van der Waals surface area contributed by atoms with Gasteiger partial charge in [-0.1, -0.05) is 6.92 Å². The highest BCUT2D eigenvalue weighted by Gasteiger charge is 2.19. The van der Waals surface area contributed by atoms with E-state index in [0.29, 0.717) is 17.0 Å². The predicted molar refractivity (Wildman–Crippen MR) is 94.3 cm³/mol. The molecule has 0 aliphatic carbocycles. The van der Waals surface area contributed by atoms with E-state index in [1.54, 1.807) is 37.4 Å². The molecule has 2 heterocycles. The Morgan fingerprint density at radius 2 is 1.88 bits per heavy atom. The monoisotopic (exact) mass is 337 g/mol. The molecular weight excluding hydrogens is 318 g/mol. The number of aromatic amines is 2. The van der Waals surface area contributed by atoms with E-state index < -0.39 is 0 Å². The maximum absolute atomic E-state index is 12.7. The van der Waals surface area contributed by atoms with Gasteiger partial charge in [0.05, 0.1) is 18.5 Å². The molecule has 0 spiro atoms. The van der Waals surface area contributed by atoms with E-state index in [2.05, 4.69) is 15.2 Å². The van der Waals surface area contributed by atoms with E-state index in [1.165, 1.54) is 6.07 Å². The average molecular weight is 337 g/mol. The van der Waals surface area contributed by atoms with E-state index in [9.17, 15) is 9.59 Å². The van der Waals surface area contributed by atoms with Gasteiger partial charge in [-0.25, -0.2) is 5.10 Å². The molecule has 0 amide bonds. The summed E-state index contributed by atoms with van der Waals surface area (Å²) < 4.78 is 5.12. The van der Waals surface area contributed by atoms with Gasteiger partial charge in [-0.05, 0) is 48.9 Å². The molecule has 0 aliphatic rings. The number of carbonyl (C=O) groups is 1. The van der Waals surface area contributed by atoms with Crippen LogP contribution >= 0.6 is 0 Å². The normalized spacial score (nSPS) is 12.0. The first kappa shape index (κ1) is 16.7. The van der Waals surface area contributed by atoms with Crippen molar-refractivity contribution in [3.05, 3.63) is 81.0 Å². The van der Waals surface area contributed by atoms with Crippen molar-refractivity contribution in [3.8, 4) is 5.75 Å². The number of nitrogens with one attached hydrogen (secondary N) is 2. The number of hydrogen-bond acceptors (Lipinski definition) is 4. The predicted octanol–water partition coefficient (Wildman–Crippen LogP) is 2.80. The number of nitrogens with zero attached hydrogens (tertiary/aromatic N) is 1. The second-order valence-electron chi connectivity index (χ2n) is 5.91. The molecule has 3 aromatic rings. The summed E-state index contributed by atoms with van der Waals surface area (Å²) in [5.74, 6) is 0.555. The molecule has 2 N–H and O–H groups in total. The van der Waals surface area contributed by atoms with Crippen molar-refractivity contribution in [1.29, 1.82) is 0 Å². The van der Waals surface area contributed by atoms with Crippen LogP contribution in [0.2, 0.25) is 0 Å². The quantitative estimate of drug-likeness (QED) is 0.701. The third kappa shape index (κ3) is 3.38. The Kier molecular flexibility index (Phi) is 4.52. The number of aryl methyl sites for hydroxylation is 1. The Morgan fingerprint density at radius 1 is 1.16 bits per heavy atom. The molecule has 0 saturated heterocycles. The number of benzene rings is 1. The highest BCUT2D eigenvalue weighted by Crippen LogP contribution is 2.25. The first-order valence-electron chi connectivity index (χ1n) is 7.93. The standard InChI is InChI=1S/C19H19N3O3/c1-11-10-16(12(2)15-8-9-17(23)22-21-15)20-18(11)19(24)13-4-6-14(25-3)7-5-13/h4-10,12,20H,1-3H3,(H,22,23). The zero-order valence-corrected chi connectivity index (χ0v) is 14.3. The van der Waals surface area contributed by atoms with Gasteiger partial charge < -0.3 is 9.72 Å². The summed E-state index contributed by atoms with van der Waals surface area (Å²) in [6.07, 6.45) is 0. The minimum Gasteiger partial charge on any atom is -0.497 e. The zero-order valence-electron chi connectivity index (χ0n) is 14.3. The molecule has 1 atom stereocenters. The van der Waals surface area contributed by atoms with Crippen LogP contribution in [0.25, 0.3) is 0 Å². The summed E-state index contributed by atoms with van der Waals surface area (Å²) >= 11 is 0. The molecule has 0 radical (unpaired) electrons. The van der Waals surface area contributed by atoms with Crippen LogP contribution < -0.4 is 10.3 Å². The van der Waals surface area contributed by atoms with Gasteiger partial charge in [-0.15, -0.1) is 0 Å². The van der Waals surface area contributed by atoms with Crippen LogP contribution in [0.3, 0.4) is 0 Å². The lowest BCUT2D eigenvalue weighted by atomic mass is 10.0. The Morgan fingerprint density at radius 3 is 2.48 bits per heavy atom. The van der Waals surface area contributed by atoms with Crippen molar-refractivity contribution in [3.63, 3.8) is 0 Å². The number of H-pyrrole nitrogens is 2. The smallest absolute Gasteiger partial charge is 0.264 e. The number of ether oxygens (including phenoxy) is 1. The molecule has 6 heteroatoms. The van der Waals surface area contributed by atoms with Crippen molar-refractivity contribution in [2.45, 2.75) is 19.8 Å². The van der Waals surface area contributed by atoms with E-state index in [4.69, 9.17) is 4.74 Å². The Bertz CT molecular complexity index is 934. The Balaban J connectivity index is 1.89. The molecule has 6 nitrogen and oxygen atoms in total. The molecule has 0 bridgehead atoms. The average Bonchev–Trinajstić information content (AvgIpc) is 3.03. The zero-order chi connectivity index (χ0) is 18.0. The van der Waals surface area contributed by atoms with Crippen LogP contribution in [0, 0.1) is 6.92 Å². The fourth-order valence-electron chi connectivity index (χ4n) is 2.70. The minimum atomic E-state index is -0.242. The summed E-state index contributed by atoms with van der Waals surface area (Å²) in [6, 6.07) is 12.1. The highest BCUT2D eigenvalue weighted by atomic mass is 16.5. The Labute approximate surface area is 144 Å². The van der Waals surface area contributed by atoms with Gasteiger partial charge in [0, 0.05) is 23.2 Å². The lowest BCUT2D eigenvalue weighted by Gasteiger charge is -2.08. The number of methoxy groups -OCH3 is 1. The number of rotatable bonds is 5. The largest absolute Gasteiger partial charge is 0.497 e. The lowest BCUT2D eigenvalue weighted by Crippen LogP contribution is -2.10. The van der Waals surface area contributed by atoms with Crippen LogP contribution in [-0.4, -0.2) is 28.1 Å². The second-order valence-corrected chi connectivity index (χ2v) is 5.91. The van der Waals surface area contributed by atoms with Crippen LogP contribution in [0.4, 0.5) is 0 Å². The molecule has 0 aliphatic heterocycles. The maximum Gasteiger partial charge on any atom is 0.264 e. The van der Waals surface area contributed by atoms with E-state index in [0.717, 1.165) is 17.0 Å². The summed E-state index contributed by atoms with van der Waals surface area (Å²) in [5.41, 5.74) is 3.36. The van der Waals surface area contributed by atoms with Gasteiger partial charge in [-0.3, -0.25) is 9.59 Å². The van der Waals surface area contributed by atoms with Gasteiger partial charge in [0.2, 0.25) is 5.78 Å². The van der Waals surface area contributed by atoms with Crippen LogP contribution in [0.1, 0.15) is 45.8 Å². The summed E-state index contributed by atoms with van der Waals surface area (Å²) in [6.45, 7) is 3.86. The van der Waals surface area contributed by atoms with E-state index >= 15 is 0 Å². The highest BCUT2D eigenvalue weighted by molar-refractivity contribution is 6.08. The van der Waals surface area contributed by atoms with Gasteiger partial charge in [0.15, 0.2) is 0 Å².